The van der Waals surface area contributed by atoms with Gasteiger partial charge >= 0.3 is 20.4 Å². The molecule has 0 bridgehead atoms. The third kappa shape index (κ3) is 6.50. The SMILES string of the molecule is CN(c1[c-]c(Oc2[c-]c(-c3ccccn3)cnc2)cc(N(c2ccccc2)c2ccccc2)c1)c1ccccn1.[Pd+2]. The summed E-state index contributed by atoms with van der Waals surface area (Å²) in [6, 6.07) is 42.8. The van der Waals surface area contributed by atoms with Crippen LogP contribution < -0.4 is 14.5 Å². The van der Waals surface area contributed by atoms with Crippen molar-refractivity contribution in [1.29, 1.82) is 0 Å². The molecule has 41 heavy (non-hydrogen) atoms. The molecule has 202 valence electrons. The Kier molecular flexibility index (Phi) is 8.80. The van der Waals surface area contributed by atoms with E-state index in [1.165, 1.54) is 0 Å². The fourth-order valence-corrected chi connectivity index (χ4v) is 4.36. The minimum atomic E-state index is 0. The summed E-state index contributed by atoms with van der Waals surface area (Å²) in [5, 5.41) is 0. The smallest absolute Gasteiger partial charge is 0.501 e. The number of para-hydroxylation sites is 2. The Morgan fingerprint density at radius 2 is 1.29 bits per heavy atom. The first-order valence-electron chi connectivity index (χ1n) is 12.8. The van der Waals surface area contributed by atoms with Crippen LogP contribution in [0.25, 0.3) is 11.3 Å². The van der Waals surface area contributed by atoms with Gasteiger partial charge in [0.15, 0.2) is 0 Å². The van der Waals surface area contributed by atoms with E-state index in [9.17, 15) is 0 Å². The molecule has 6 rings (SSSR count). The van der Waals surface area contributed by atoms with Crippen LogP contribution in [0, 0.1) is 12.1 Å². The standard InChI is InChI=1S/C34H25N5O.Pd/c1-38(34-17-9-11-19-37-34)29-21-30(39(27-12-4-2-5-13-27)28-14-6-3-7-15-28)23-31(22-29)40-32-20-26(24-35-25-32)33-16-8-10-18-36-33;/h2-19,21,23-25H,1H3;/q-2;+2. The molecule has 0 aliphatic heterocycles. The van der Waals surface area contributed by atoms with Gasteiger partial charge in [-0.1, -0.05) is 78.2 Å². The third-order valence-corrected chi connectivity index (χ3v) is 6.27. The predicted molar refractivity (Wildman–Crippen MR) is 159 cm³/mol. The first-order valence-corrected chi connectivity index (χ1v) is 12.8. The van der Waals surface area contributed by atoms with E-state index in [4.69, 9.17) is 4.74 Å². The third-order valence-electron chi connectivity index (χ3n) is 6.27. The van der Waals surface area contributed by atoms with Gasteiger partial charge in [-0.3, -0.25) is 0 Å². The Hall–Kier alpha value is -4.83. The van der Waals surface area contributed by atoms with E-state index in [1.54, 1.807) is 24.8 Å². The molecule has 3 aromatic carbocycles. The molecule has 0 saturated heterocycles. The Morgan fingerprint density at radius 1 is 0.634 bits per heavy atom. The number of nitrogens with zero attached hydrogens (tertiary/aromatic N) is 5. The predicted octanol–water partition coefficient (Wildman–Crippen LogP) is 8.17. The monoisotopic (exact) mass is 625 g/mol. The molecule has 0 atom stereocenters. The normalized spacial score (nSPS) is 10.4. The van der Waals surface area contributed by atoms with Gasteiger partial charge < -0.3 is 24.5 Å². The van der Waals surface area contributed by atoms with Crippen LogP contribution in [0.2, 0.25) is 0 Å². The molecule has 6 nitrogen and oxygen atoms in total. The summed E-state index contributed by atoms with van der Waals surface area (Å²) in [5.74, 6) is 1.77. The van der Waals surface area contributed by atoms with Gasteiger partial charge in [-0.05, 0) is 54.4 Å². The van der Waals surface area contributed by atoms with E-state index in [-0.39, 0.29) is 20.4 Å². The van der Waals surface area contributed by atoms with Crippen molar-refractivity contribution in [1.82, 2.24) is 15.0 Å². The van der Waals surface area contributed by atoms with E-state index in [0.29, 0.717) is 11.5 Å². The second-order valence-corrected chi connectivity index (χ2v) is 8.97. The van der Waals surface area contributed by atoms with Gasteiger partial charge in [0.05, 0.1) is 5.75 Å². The molecular formula is C34H25N5OPd. The van der Waals surface area contributed by atoms with Crippen LogP contribution in [0.1, 0.15) is 0 Å². The number of ether oxygens (including phenoxy) is 1. The van der Waals surface area contributed by atoms with E-state index in [0.717, 1.165) is 39.8 Å². The number of pyridine rings is 3. The fraction of sp³-hybridized carbons (Fsp3) is 0.0294. The van der Waals surface area contributed by atoms with Crippen LogP contribution in [0.15, 0.2) is 134 Å². The minimum Gasteiger partial charge on any atom is -0.501 e. The molecule has 0 radical (unpaired) electrons. The van der Waals surface area contributed by atoms with Crippen LogP contribution in [-0.2, 0) is 20.4 Å². The van der Waals surface area contributed by atoms with Gasteiger partial charge in [-0.15, -0.1) is 23.8 Å². The summed E-state index contributed by atoms with van der Waals surface area (Å²) in [5.41, 5.74) is 5.24. The number of anilines is 5. The Balaban J connectivity index is 0.00000337. The largest absolute Gasteiger partial charge is 2.00 e. The number of benzene rings is 3. The summed E-state index contributed by atoms with van der Waals surface area (Å²) >= 11 is 0. The molecule has 0 unspecified atom stereocenters. The number of aromatic nitrogens is 3. The second-order valence-electron chi connectivity index (χ2n) is 8.97. The zero-order valence-electron chi connectivity index (χ0n) is 22.2. The fourth-order valence-electron chi connectivity index (χ4n) is 4.36. The van der Waals surface area contributed by atoms with Gasteiger partial charge in [-0.25, -0.2) is 4.98 Å². The molecule has 0 spiro atoms. The summed E-state index contributed by atoms with van der Waals surface area (Å²) in [6.45, 7) is 0. The van der Waals surface area contributed by atoms with E-state index in [2.05, 4.69) is 62.3 Å². The molecule has 7 heteroatoms. The molecule has 3 heterocycles. The second kappa shape index (κ2) is 13.0. The Morgan fingerprint density at radius 3 is 1.93 bits per heavy atom. The average molecular weight is 626 g/mol. The number of rotatable bonds is 8. The average Bonchev–Trinajstić information content (AvgIpc) is 3.03. The molecule has 6 aromatic rings. The quantitative estimate of drug-likeness (QED) is 0.126. The number of hydrogen-bond acceptors (Lipinski definition) is 6. The summed E-state index contributed by atoms with van der Waals surface area (Å²) < 4.78 is 6.35. The van der Waals surface area contributed by atoms with Crippen molar-refractivity contribution in [3.05, 3.63) is 146 Å². The van der Waals surface area contributed by atoms with Gasteiger partial charge in [-0.2, -0.15) is 0 Å². The minimum absolute atomic E-state index is 0. The maximum atomic E-state index is 6.35. The number of hydrogen-bond donors (Lipinski definition) is 0. The summed E-state index contributed by atoms with van der Waals surface area (Å²) in [6.07, 6.45) is 6.88. The maximum Gasteiger partial charge on any atom is 2.00 e. The molecule has 3 aromatic heterocycles. The van der Waals surface area contributed by atoms with Crippen molar-refractivity contribution in [3.8, 4) is 22.8 Å². The summed E-state index contributed by atoms with van der Waals surface area (Å²) in [4.78, 5) is 17.5. The molecule has 0 aliphatic rings. The van der Waals surface area contributed by atoms with Crippen molar-refractivity contribution >= 4 is 28.6 Å². The molecular weight excluding hydrogens is 601 g/mol. The van der Waals surface area contributed by atoms with Crippen LogP contribution in [0.3, 0.4) is 0 Å². The van der Waals surface area contributed by atoms with Crippen molar-refractivity contribution in [3.63, 3.8) is 0 Å². The summed E-state index contributed by atoms with van der Waals surface area (Å²) in [7, 11) is 1.96. The van der Waals surface area contributed by atoms with Gasteiger partial charge in [0.1, 0.15) is 5.82 Å². The van der Waals surface area contributed by atoms with Crippen molar-refractivity contribution in [2.75, 3.05) is 16.8 Å². The Bertz CT molecular complexity index is 1650. The van der Waals surface area contributed by atoms with Crippen LogP contribution in [0.5, 0.6) is 11.5 Å². The molecule has 0 amide bonds. The molecule has 0 saturated carbocycles. The van der Waals surface area contributed by atoms with Crippen molar-refractivity contribution < 1.29 is 25.2 Å². The molecule has 0 N–H and O–H groups in total. The zero-order valence-corrected chi connectivity index (χ0v) is 23.7. The molecule has 0 fully saturated rings. The van der Waals surface area contributed by atoms with Crippen LogP contribution >= 0.6 is 0 Å². The first kappa shape index (κ1) is 27.7. The topological polar surface area (TPSA) is 54.4 Å². The van der Waals surface area contributed by atoms with Crippen LogP contribution in [0.4, 0.5) is 28.6 Å². The first-order chi connectivity index (χ1) is 19.7. The van der Waals surface area contributed by atoms with E-state index >= 15 is 0 Å². The maximum absolute atomic E-state index is 6.35. The van der Waals surface area contributed by atoms with Gasteiger partial charge in [0, 0.05) is 36.6 Å². The van der Waals surface area contributed by atoms with Crippen molar-refractivity contribution in [2.45, 2.75) is 0 Å². The van der Waals surface area contributed by atoms with E-state index in [1.807, 2.05) is 90.8 Å². The van der Waals surface area contributed by atoms with Crippen molar-refractivity contribution in [2.24, 2.45) is 0 Å². The van der Waals surface area contributed by atoms with Crippen LogP contribution in [-0.4, -0.2) is 22.0 Å². The Labute approximate surface area is 253 Å². The van der Waals surface area contributed by atoms with Gasteiger partial charge in [0.25, 0.3) is 0 Å². The van der Waals surface area contributed by atoms with Gasteiger partial charge in [0.2, 0.25) is 0 Å². The van der Waals surface area contributed by atoms with E-state index < -0.39 is 0 Å². The zero-order chi connectivity index (χ0) is 27.1. The molecule has 0 aliphatic carbocycles.